The van der Waals surface area contributed by atoms with Crippen molar-refractivity contribution in [1.29, 1.82) is 0 Å². The zero-order valence-electron chi connectivity index (χ0n) is 4.05. The SMILES string of the molecule is O=S([O-])O.[Br-].[K+].[Na+]. The van der Waals surface area contributed by atoms with Crippen LogP contribution in [0.1, 0.15) is 0 Å². The predicted octanol–water partition coefficient (Wildman–Crippen LogP) is -9.65. The third-order valence-electron chi connectivity index (χ3n) is 0. The summed E-state index contributed by atoms with van der Waals surface area (Å²) in [5.74, 6) is 0. The van der Waals surface area contributed by atoms with Crippen LogP contribution >= 0.6 is 0 Å². The molecule has 3 nitrogen and oxygen atoms in total. The van der Waals surface area contributed by atoms with Crippen LogP contribution in [0.2, 0.25) is 0 Å². The number of hydrogen-bond donors (Lipinski definition) is 1. The van der Waals surface area contributed by atoms with Crippen LogP contribution in [0.3, 0.4) is 0 Å². The van der Waals surface area contributed by atoms with Gasteiger partial charge in [-0.25, -0.2) is 4.21 Å². The van der Waals surface area contributed by atoms with Crippen LogP contribution in [0.4, 0.5) is 0 Å². The van der Waals surface area contributed by atoms with Crippen molar-refractivity contribution in [2.24, 2.45) is 0 Å². The normalized spacial score (nSPS) is 8.86. The Labute approximate surface area is 120 Å². The summed E-state index contributed by atoms with van der Waals surface area (Å²) in [5.41, 5.74) is 0. The zero-order valence-corrected chi connectivity index (χ0v) is 11.6. The van der Waals surface area contributed by atoms with E-state index in [1.807, 2.05) is 0 Å². The first-order valence-corrected chi connectivity index (χ1v) is 1.55. The fourth-order valence-electron chi connectivity index (χ4n) is 0. The Hall–Kier alpha value is 3.19. The Balaban J connectivity index is -0.0000000150. The molecule has 0 aromatic heterocycles. The van der Waals surface area contributed by atoms with Crippen molar-refractivity contribution in [3.63, 3.8) is 0 Å². The summed E-state index contributed by atoms with van der Waals surface area (Å²) in [6.07, 6.45) is 0. The molecule has 1 unspecified atom stereocenters. The topological polar surface area (TPSA) is 60.4 Å². The van der Waals surface area contributed by atoms with E-state index in [9.17, 15) is 0 Å². The molecule has 7 heavy (non-hydrogen) atoms. The van der Waals surface area contributed by atoms with Gasteiger partial charge in [-0.2, -0.15) is 0 Å². The van der Waals surface area contributed by atoms with Crippen molar-refractivity contribution >= 4 is 11.4 Å². The first-order valence-electron chi connectivity index (χ1n) is 0.516. The van der Waals surface area contributed by atoms with Gasteiger partial charge in [-0.05, 0) is 0 Å². The zero-order chi connectivity index (χ0) is 3.58. The Bertz CT molecular complexity index is 37.9. The van der Waals surface area contributed by atoms with Gasteiger partial charge < -0.3 is 26.1 Å². The first-order chi connectivity index (χ1) is 1.73. The summed E-state index contributed by atoms with van der Waals surface area (Å²) in [6.45, 7) is 0. The molecule has 0 aliphatic heterocycles. The van der Waals surface area contributed by atoms with E-state index in [1.54, 1.807) is 0 Å². The van der Waals surface area contributed by atoms with E-state index in [0.29, 0.717) is 0 Å². The summed E-state index contributed by atoms with van der Waals surface area (Å²) < 4.78 is 24.1. The van der Waals surface area contributed by atoms with Gasteiger partial charge in [0.05, 0.1) is 11.4 Å². The van der Waals surface area contributed by atoms with Gasteiger partial charge in [0.25, 0.3) is 0 Å². The smallest absolute Gasteiger partial charge is 1.00 e. The second-order valence-corrected chi connectivity index (χ2v) is 0.651. The van der Waals surface area contributed by atoms with Crippen LogP contribution in [0.25, 0.3) is 0 Å². The minimum Gasteiger partial charge on any atom is -1.00 e. The van der Waals surface area contributed by atoms with E-state index in [0.717, 1.165) is 0 Å². The Kier molecular flexibility index (Phi) is 51.6. The molecule has 0 amide bonds. The van der Waals surface area contributed by atoms with Gasteiger partial charge in [-0.15, -0.1) is 0 Å². The van der Waals surface area contributed by atoms with Gasteiger partial charge in [0.1, 0.15) is 0 Å². The van der Waals surface area contributed by atoms with E-state index >= 15 is 0 Å². The van der Waals surface area contributed by atoms with Crippen molar-refractivity contribution in [2.45, 2.75) is 0 Å². The van der Waals surface area contributed by atoms with E-state index < -0.39 is 11.4 Å². The molecule has 0 radical (unpaired) electrons. The molecule has 0 saturated heterocycles. The largest absolute Gasteiger partial charge is 1.00 e. The Morgan fingerprint density at radius 1 is 1.57 bits per heavy atom. The van der Waals surface area contributed by atoms with Crippen molar-refractivity contribution in [1.82, 2.24) is 0 Å². The Morgan fingerprint density at radius 2 is 1.57 bits per heavy atom. The molecular formula is HBrKNaO3S. The molecule has 0 spiro atoms. The van der Waals surface area contributed by atoms with Gasteiger partial charge >= 0.3 is 80.9 Å². The molecule has 0 rings (SSSR count). The number of halogens is 1. The summed E-state index contributed by atoms with van der Waals surface area (Å²) in [6, 6.07) is 0. The monoisotopic (exact) mass is 222 g/mol. The van der Waals surface area contributed by atoms with Gasteiger partial charge in [-0.3, -0.25) is 0 Å². The van der Waals surface area contributed by atoms with E-state index in [4.69, 9.17) is 13.3 Å². The fraction of sp³-hybridized carbons (Fsp3) is 0. The molecule has 0 fully saturated rings. The summed E-state index contributed by atoms with van der Waals surface area (Å²) in [7, 11) is 0. The minimum atomic E-state index is -2.86. The van der Waals surface area contributed by atoms with Crippen molar-refractivity contribution in [3.05, 3.63) is 0 Å². The van der Waals surface area contributed by atoms with Crippen LogP contribution in [-0.2, 0) is 11.4 Å². The predicted molar refractivity (Wildman–Crippen MR) is 11.5 cm³/mol. The van der Waals surface area contributed by atoms with Crippen molar-refractivity contribution in [3.8, 4) is 0 Å². The third kappa shape index (κ3) is 46.7. The van der Waals surface area contributed by atoms with Crippen LogP contribution in [0.5, 0.6) is 0 Å². The van der Waals surface area contributed by atoms with E-state index in [2.05, 4.69) is 0 Å². The second-order valence-electron chi connectivity index (χ2n) is 0.217. The summed E-state index contributed by atoms with van der Waals surface area (Å²) in [5, 5.41) is 0. The fourth-order valence-corrected chi connectivity index (χ4v) is 0. The van der Waals surface area contributed by atoms with Crippen molar-refractivity contribution in [2.75, 3.05) is 0 Å². The molecule has 0 aliphatic rings. The standard InChI is InChI=1S/BrH.K.Na.H2O3S/c;;;1-4(2)3/h1H;;;(H2,1,2,3)/q;2*+1;/p-2. The van der Waals surface area contributed by atoms with Gasteiger partial charge in [-0.1, -0.05) is 0 Å². The van der Waals surface area contributed by atoms with Gasteiger partial charge in [0.15, 0.2) is 0 Å². The van der Waals surface area contributed by atoms with Crippen LogP contribution in [0, 0.1) is 0 Å². The Morgan fingerprint density at radius 3 is 1.57 bits per heavy atom. The molecule has 0 aromatic rings. The molecule has 1 N–H and O–H groups in total. The van der Waals surface area contributed by atoms with Crippen molar-refractivity contribution < 1.29 is 111 Å². The molecule has 0 aromatic carbocycles. The molecule has 7 heteroatoms. The minimum absolute atomic E-state index is 0. The maximum Gasteiger partial charge on any atom is 1.00 e. The number of rotatable bonds is 0. The van der Waals surface area contributed by atoms with E-state index in [-0.39, 0.29) is 97.9 Å². The molecule has 0 saturated carbocycles. The molecule has 0 heterocycles. The molecule has 0 bridgehead atoms. The molecule has 0 aliphatic carbocycles. The maximum atomic E-state index is 8.56. The average molecular weight is 223 g/mol. The third-order valence-corrected chi connectivity index (χ3v) is 0. The second kappa shape index (κ2) is 16.1. The molecular weight excluding hydrogens is 222 g/mol. The van der Waals surface area contributed by atoms with Crippen LogP contribution in [-0.4, -0.2) is 13.3 Å². The first kappa shape index (κ1) is 22.5. The van der Waals surface area contributed by atoms with Crippen LogP contribution < -0.4 is 97.9 Å². The summed E-state index contributed by atoms with van der Waals surface area (Å²) in [4.78, 5) is 0. The quantitative estimate of drug-likeness (QED) is 0.327. The van der Waals surface area contributed by atoms with Crippen LogP contribution in [0.15, 0.2) is 0 Å². The average Bonchev–Trinajstić information content (AvgIpc) is 0.811. The maximum absolute atomic E-state index is 8.56. The van der Waals surface area contributed by atoms with Gasteiger partial charge in [0, 0.05) is 0 Å². The summed E-state index contributed by atoms with van der Waals surface area (Å²) >= 11 is -2.86. The number of hydrogen-bond acceptors (Lipinski definition) is 2. The van der Waals surface area contributed by atoms with E-state index in [1.165, 1.54) is 0 Å². The van der Waals surface area contributed by atoms with Gasteiger partial charge in [0.2, 0.25) is 0 Å². The molecule has 34 valence electrons. The molecule has 1 atom stereocenters.